The summed E-state index contributed by atoms with van der Waals surface area (Å²) in [5.74, 6) is -0.803. The molecule has 36 heavy (non-hydrogen) atoms. The molecule has 2 aromatic rings. The van der Waals surface area contributed by atoms with Crippen LogP contribution < -0.4 is 16.6 Å². The minimum absolute atomic E-state index is 0.121. The first-order valence-corrected chi connectivity index (χ1v) is 12.1. The Kier molecular flexibility index (Phi) is 6.51. The summed E-state index contributed by atoms with van der Waals surface area (Å²) in [5.41, 5.74) is 3.31. The first kappa shape index (κ1) is 23.7. The number of carboxylic acids is 1. The number of fused-ring (bicyclic) bond motifs is 2. The van der Waals surface area contributed by atoms with Gasteiger partial charge < -0.3 is 19.9 Å². The van der Waals surface area contributed by atoms with E-state index in [9.17, 15) is 19.5 Å². The lowest BCUT2D eigenvalue weighted by Crippen LogP contribution is -2.38. The monoisotopic (exact) mass is 488 g/mol. The van der Waals surface area contributed by atoms with Crippen LogP contribution >= 0.6 is 0 Å². The molecule has 3 aliphatic heterocycles. The molecule has 1 fully saturated rings. The quantitative estimate of drug-likeness (QED) is 0.338. The molecular formula is C26H28N6O4. The molecule has 0 radical (unpaired) electrons. The van der Waals surface area contributed by atoms with E-state index in [4.69, 9.17) is 0 Å². The zero-order valence-corrected chi connectivity index (χ0v) is 20.0. The van der Waals surface area contributed by atoms with Gasteiger partial charge in [-0.1, -0.05) is 30.3 Å². The van der Waals surface area contributed by atoms with Crippen molar-refractivity contribution in [2.24, 2.45) is 5.92 Å². The highest BCUT2D eigenvalue weighted by Gasteiger charge is 2.25. The second-order valence-corrected chi connectivity index (χ2v) is 9.26. The Bertz CT molecular complexity index is 1490. The number of aromatic nitrogens is 4. The first-order chi connectivity index (χ1) is 17.4. The number of carboxylic acid groups (broad SMARTS) is 1. The predicted octanol–water partition coefficient (Wildman–Crippen LogP) is 2.30. The zero-order chi connectivity index (χ0) is 25.2. The first-order valence-electron chi connectivity index (χ1n) is 12.1. The number of rotatable bonds is 7. The molecule has 0 spiro atoms. The van der Waals surface area contributed by atoms with Crippen molar-refractivity contribution < 1.29 is 9.90 Å². The third-order valence-electron chi connectivity index (χ3n) is 6.86. The average molecular weight is 489 g/mol. The van der Waals surface area contributed by atoms with Crippen LogP contribution in [0.3, 0.4) is 0 Å². The van der Waals surface area contributed by atoms with Crippen LogP contribution in [0.5, 0.6) is 0 Å². The van der Waals surface area contributed by atoms with Crippen LogP contribution in [0.1, 0.15) is 24.0 Å². The number of nitrogens with zero attached hydrogens (tertiary/aromatic N) is 4. The highest BCUT2D eigenvalue weighted by Crippen LogP contribution is 2.27. The highest BCUT2D eigenvalue weighted by molar-refractivity contribution is 5.84. The summed E-state index contributed by atoms with van der Waals surface area (Å²) < 4.78 is 1.88. The largest absolute Gasteiger partial charge is 0.481 e. The van der Waals surface area contributed by atoms with Crippen LogP contribution in [-0.4, -0.2) is 55.1 Å². The molecule has 186 valence electrons. The van der Waals surface area contributed by atoms with Crippen LogP contribution in [0.25, 0.3) is 22.6 Å². The normalized spacial score (nSPS) is 14.9. The fraction of sp³-hybridized carbons (Fsp3) is 0.346. The van der Waals surface area contributed by atoms with Gasteiger partial charge in [-0.25, -0.2) is 9.78 Å². The lowest BCUT2D eigenvalue weighted by atomic mass is 9.97. The second kappa shape index (κ2) is 9.90. The third kappa shape index (κ3) is 4.85. The van der Waals surface area contributed by atoms with Crippen molar-refractivity contribution in [2.45, 2.75) is 32.9 Å². The standard InChI is InChI=1S/C26H28N6O4/c1-16-13-20-21(14-19(16)27-15-17-5-3-2-4-6-17)32(23-22(28-20)24(33)30-26(36)29-23)12-11-31-9-7-18(8-10-31)25(34)35/h2-6,13-14,18,27H,7-12,15H2,1H3,(H,34,35)(H,30,33,36). The number of likely N-dealkylation sites (tertiary alicyclic amines) is 1. The van der Waals surface area contributed by atoms with Gasteiger partial charge in [0.25, 0.3) is 5.56 Å². The molecule has 0 aliphatic carbocycles. The number of piperidine rings is 1. The number of aliphatic carboxylic acids is 1. The SMILES string of the molecule is Cc1cc2nc3c(=O)[nH]c(=O)nc-3n(CCN3CCC(C(=O)O)CC3)c2cc1NCc1ccccc1. The van der Waals surface area contributed by atoms with Crippen LogP contribution in [0, 0.1) is 12.8 Å². The fourth-order valence-corrected chi connectivity index (χ4v) is 4.80. The summed E-state index contributed by atoms with van der Waals surface area (Å²) in [6.45, 7) is 5.11. The minimum atomic E-state index is -0.743. The molecule has 0 unspecified atom stereocenters. The Balaban J connectivity index is 1.51. The van der Waals surface area contributed by atoms with Crippen molar-refractivity contribution in [1.29, 1.82) is 0 Å². The summed E-state index contributed by atoms with van der Waals surface area (Å²) in [6, 6.07) is 14.0. The molecule has 0 saturated carbocycles. The Hall–Kier alpha value is -4.05. The van der Waals surface area contributed by atoms with Gasteiger partial charge in [-0.2, -0.15) is 4.98 Å². The van der Waals surface area contributed by atoms with E-state index in [0.717, 1.165) is 22.3 Å². The topological polar surface area (TPSA) is 133 Å². The van der Waals surface area contributed by atoms with Gasteiger partial charge in [-0.05, 0) is 56.1 Å². The van der Waals surface area contributed by atoms with E-state index in [1.54, 1.807) is 0 Å². The Morgan fingerprint density at radius 1 is 1.11 bits per heavy atom. The Morgan fingerprint density at radius 2 is 1.86 bits per heavy atom. The van der Waals surface area contributed by atoms with Crippen LogP contribution in [-0.2, 0) is 17.9 Å². The molecule has 0 atom stereocenters. The van der Waals surface area contributed by atoms with E-state index in [2.05, 4.69) is 37.3 Å². The summed E-state index contributed by atoms with van der Waals surface area (Å²) >= 11 is 0. The number of aryl methyl sites for hydroxylation is 1. The molecule has 3 aliphatic rings. The van der Waals surface area contributed by atoms with Crippen molar-refractivity contribution in [3.8, 4) is 11.5 Å². The van der Waals surface area contributed by atoms with Crippen LogP contribution in [0.4, 0.5) is 5.69 Å². The van der Waals surface area contributed by atoms with Gasteiger partial charge in [0.2, 0.25) is 0 Å². The van der Waals surface area contributed by atoms with Gasteiger partial charge in [-0.3, -0.25) is 14.6 Å². The van der Waals surface area contributed by atoms with Crippen LogP contribution in [0.2, 0.25) is 0 Å². The number of carbonyl (C=O) groups is 1. The maximum absolute atomic E-state index is 12.6. The van der Waals surface area contributed by atoms with E-state index in [-0.39, 0.29) is 17.4 Å². The molecule has 2 aromatic carbocycles. The maximum Gasteiger partial charge on any atom is 0.349 e. The van der Waals surface area contributed by atoms with Gasteiger partial charge >= 0.3 is 11.7 Å². The molecular weight excluding hydrogens is 460 g/mol. The lowest BCUT2D eigenvalue weighted by molar-refractivity contribution is -0.143. The molecule has 0 amide bonds. The minimum Gasteiger partial charge on any atom is -0.481 e. The van der Waals surface area contributed by atoms with Crippen molar-refractivity contribution in [3.05, 3.63) is 74.4 Å². The smallest absolute Gasteiger partial charge is 0.349 e. The predicted molar refractivity (Wildman–Crippen MR) is 136 cm³/mol. The number of anilines is 1. The molecule has 5 rings (SSSR count). The number of H-pyrrole nitrogens is 1. The maximum atomic E-state index is 12.6. The number of nitrogens with one attached hydrogen (secondary N) is 2. The summed E-state index contributed by atoms with van der Waals surface area (Å²) in [5, 5.41) is 12.8. The Morgan fingerprint density at radius 3 is 2.58 bits per heavy atom. The summed E-state index contributed by atoms with van der Waals surface area (Å²) in [4.78, 5) is 49.0. The lowest BCUT2D eigenvalue weighted by Gasteiger charge is -2.30. The van der Waals surface area contributed by atoms with Crippen molar-refractivity contribution >= 4 is 22.7 Å². The van der Waals surface area contributed by atoms with E-state index in [0.29, 0.717) is 51.1 Å². The number of benzene rings is 2. The van der Waals surface area contributed by atoms with E-state index >= 15 is 0 Å². The van der Waals surface area contributed by atoms with Crippen molar-refractivity contribution in [3.63, 3.8) is 0 Å². The fourth-order valence-electron chi connectivity index (χ4n) is 4.80. The van der Waals surface area contributed by atoms with Crippen molar-refractivity contribution in [1.82, 2.24) is 24.4 Å². The van der Waals surface area contributed by atoms with Crippen LogP contribution in [0.15, 0.2) is 52.1 Å². The molecule has 10 nitrogen and oxygen atoms in total. The second-order valence-electron chi connectivity index (χ2n) is 9.26. The molecule has 1 saturated heterocycles. The Labute approximate surface area is 207 Å². The zero-order valence-electron chi connectivity index (χ0n) is 20.0. The number of hydrogen-bond donors (Lipinski definition) is 3. The van der Waals surface area contributed by atoms with Crippen molar-refractivity contribution in [2.75, 3.05) is 25.0 Å². The van der Waals surface area contributed by atoms with E-state index < -0.39 is 17.2 Å². The van der Waals surface area contributed by atoms with E-state index in [1.807, 2.05) is 41.8 Å². The summed E-state index contributed by atoms with van der Waals surface area (Å²) in [7, 11) is 0. The van der Waals surface area contributed by atoms with Gasteiger partial charge in [-0.15, -0.1) is 0 Å². The average Bonchev–Trinajstić information content (AvgIpc) is 2.87. The molecule has 10 heteroatoms. The third-order valence-corrected chi connectivity index (χ3v) is 6.86. The van der Waals surface area contributed by atoms with Gasteiger partial charge in [0.15, 0.2) is 11.5 Å². The highest BCUT2D eigenvalue weighted by atomic mass is 16.4. The van der Waals surface area contributed by atoms with Gasteiger partial charge in [0.1, 0.15) is 0 Å². The van der Waals surface area contributed by atoms with E-state index in [1.165, 1.54) is 0 Å². The number of aromatic amines is 1. The number of hydrogen-bond acceptors (Lipinski definition) is 7. The molecule has 3 N–H and O–H groups in total. The van der Waals surface area contributed by atoms with Gasteiger partial charge in [0, 0.05) is 25.3 Å². The molecule has 0 aromatic heterocycles. The summed E-state index contributed by atoms with van der Waals surface area (Å²) in [6.07, 6.45) is 1.21. The van der Waals surface area contributed by atoms with Gasteiger partial charge in [0.05, 0.1) is 17.0 Å². The molecule has 3 heterocycles. The molecule has 0 bridgehead atoms.